The topological polar surface area (TPSA) is 40.5 Å². The Morgan fingerprint density at radius 1 is 1.50 bits per heavy atom. The molecular formula is C9H13NO2. The molecule has 3 heteroatoms. The standard InChI is InChI=1S/C9H13NO2/c1-6-2-3-7-8(11)4-5-10(7)9(6)12/h7-8,11H,1-5H2. The molecule has 2 aliphatic rings. The summed E-state index contributed by atoms with van der Waals surface area (Å²) < 4.78 is 0. The van der Waals surface area contributed by atoms with Gasteiger partial charge in [-0.1, -0.05) is 6.58 Å². The van der Waals surface area contributed by atoms with E-state index in [0.717, 1.165) is 19.3 Å². The summed E-state index contributed by atoms with van der Waals surface area (Å²) in [7, 11) is 0. The van der Waals surface area contributed by atoms with Crippen molar-refractivity contribution in [1.82, 2.24) is 4.90 Å². The first-order valence-electron chi connectivity index (χ1n) is 4.37. The summed E-state index contributed by atoms with van der Waals surface area (Å²) in [5.74, 6) is 0.0443. The van der Waals surface area contributed by atoms with Crippen LogP contribution in [0, 0.1) is 0 Å². The molecule has 2 aliphatic heterocycles. The van der Waals surface area contributed by atoms with Crippen LogP contribution in [0.15, 0.2) is 12.2 Å². The van der Waals surface area contributed by atoms with E-state index in [1.54, 1.807) is 4.90 Å². The molecule has 3 nitrogen and oxygen atoms in total. The zero-order chi connectivity index (χ0) is 8.72. The first kappa shape index (κ1) is 7.80. The summed E-state index contributed by atoms with van der Waals surface area (Å²) in [6.07, 6.45) is 2.05. The first-order chi connectivity index (χ1) is 5.70. The lowest BCUT2D eigenvalue weighted by molar-refractivity contribution is -0.130. The highest BCUT2D eigenvalue weighted by Gasteiger charge is 2.39. The van der Waals surface area contributed by atoms with Crippen molar-refractivity contribution in [2.45, 2.75) is 31.4 Å². The number of aliphatic hydroxyl groups is 1. The number of aliphatic hydroxyl groups excluding tert-OH is 1. The number of hydrogen-bond acceptors (Lipinski definition) is 2. The molecule has 0 bridgehead atoms. The monoisotopic (exact) mass is 167 g/mol. The third kappa shape index (κ3) is 0.966. The van der Waals surface area contributed by atoms with Crippen molar-refractivity contribution in [3.63, 3.8) is 0 Å². The van der Waals surface area contributed by atoms with Crippen LogP contribution in [0.5, 0.6) is 0 Å². The highest BCUT2D eigenvalue weighted by Crippen LogP contribution is 2.29. The highest BCUT2D eigenvalue weighted by molar-refractivity contribution is 5.94. The number of nitrogens with zero attached hydrogens (tertiary/aromatic N) is 1. The second-order valence-corrected chi connectivity index (χ2v) is 3.56. The van der Waals surface area contributed by atoms with E-state index in [0.29, 0.717) is 12.1 Å². The number of rotatable bonds is 0. The Morgan fingerprint density at radius 3 is 3.00 bits per heavy atom. The maximum Gasteiger partial charge on any atom is 0.249 e. The van der Waals surface area contributed by atoms with Gasteiger partial charge in [0.1, 0.15) is 0 Å². The lowest BCUT2D eigenvalue weighted by atomic mass is 9.97. The third-order valence-electron chi connectivity index (χ3n) is 2.82. The summed E-state index contributed by atoms with van der Waals surface area (Å²) in [6.45, 7) is 4.41. The van der Waals surface area contributed by atoms with Crippen molar-refractivity contribution in [3.05, 3.63) is 12.2 Å². The Morgan fingerprint density at radius 2 is 2.25 bits per heavy atom. The van der Waals surface area contributed by atoms with E-state index < -0.39 is 0 Å². The van der Waals surface area contributed by atoms with Crippen molar-refractivity contribution < 1.29 is 9.90 Å². The molecule has 0 radical (unpaired) electrons. The second-order valence-electron chi connectivity index (χ2n) is 3.56. The van der Waals surface area contributed by atoms with Crippen LogP contribution in [-0.2, 0) is 4.79 Å². The van der Waals surface area contributed by atoms with Gasteiger partial charge in [0, 0.05) is 12.1 Å². The van der Waals surface area contributed by atoms with Crippen LogP contribution in [-0.4, -0.2) is 34.6 Å². The number of piperidine rings is 1. The molecule has 0 spiro atoms. The van der Waals surface area contributed by atoms with Crippen molar-refractivity contribution in [3.8, 4) is 0 Å². The summed E-state index contributed by atoms with van der Waals surface area (Å²) >= 11 is 0. The van der Waals surface area contributed by atoms with E-state index in [4.69, 9.17) is 0 Å². The Hall–Kier alpha value is -0.830. The average molecular weight is 167 g/mol. The van der Waals surface area contributed by atoms with Crippen molar-refractivity contribution >= 4 is 5.91 Å². The van der Waals surface area contributed by atoms with E-state index in [1.165, 1.54) is 0 Å². The minimum absolute atomic E-state index is 0.0443. The minimum Gasteiger partial charge on any atom is -0.391 e. The van der Waals surface area contributed by atoms with E-state index in [2.05, 4.69) is 6.58 Å². The van der Waals surface area contributed by atoms with Gasteiger partial charge in [0.2, 0.25) is 5.91 Å². The van der Waals surface area contributed by atoms with Gasteiger partial charge in [-0.25, -0.2) is 0 Å². The molecule has 2 fully saturated rings. The second kappa shape index (κ2) is 2.59. The predicted molar refractivity (Wildman–Crippen MR) is 44.5 cm³/mol. The van der Waals surface area contributed by atoms with Gasteiger partial charge in [0.05, 0.1) is 12.1 Å². The molecule has 2 saturated heterocycles. The molecule has 2 rings (SSSR count). The van der Waals surface area contributed by atoms with Crippen LogP contribution >= 0.6 is 0 Å². The number of hydrogen-bond donors (Lipinski definition) is 1. The molecule has 0 aliphatic carbocycles. The van der Waals surface area contributed by atoms with Gasteiger partial charge in [0.25, 0.3) is 0 Å². The lowest BCUT2D eigenvalue weighted by Crippen LogP contribution is -2.43. The van der Waals surface area contributed by atoms with E-state index in [-0.39, 0.29) is 18.1 Å². The normalized spacial score (nSPS) is 35.6. The van der Waals surface area contributed by atoms with Crippen LogP contribution in [0.2, 0.25) is 0 Å². The maximum atomic E-state index is 11.5. The number of amides is 1. The first-order valence-corrected chi connectivity index (χ1v) is 4.37. The van der Waals surface area contributed by atoms with E-state index in [9.17, 15) is 9.90 Å². The highest BCUT2D eigenvalue weighted by atomic mass is 16.3. The molecular weight excluding hydrogens is 154 g/mol. The molecule has 2 atom stereocenters. The molecule has 2 heterocycles. The van der Waals surface area contributed by atoms with E-state index >= 15 is 0 Å². The smallest absolute Gasteiger partial charge is 0.249 e. The van der Waals surface area contributed by atoms with Crippen molar-refractivity contribution in [2.24, 2.45) is 0 Å². The zero-order valence-electron chi connectivity index (χ0n) is 6.99. The van der Waals surface area contributed by atoms with Gasteiger partial charge < -0.3 is 10.0 Å². The largest absolute Gasteiger partial charge is 0.391 e. The molecule has 66 valence electrons. The average Bonchev–Trinajstić information content (AvgIpc) is 2.41. The molecule has 0 aromatic heterocycles. The van der Waals surface area contributed by atoms with E-state index in [1.807, 2.05) is 0 Å². The van der Waals surface area contributed by atoms with Crippen LogP contribution in [0.3, 0.4) is 0 Å². The van der Waals surface area contributed by atoms with Gasteiger partial charge in [-0.15, -0.1) is 0 Å². The maximum absolute atomic E-state index is 11.5. The fourth-order valence-electron chi connectivity index (χ4n) is 2.07. The Kier molecular flexibility index (Phi) is 1.68. The number of carbonyl (C=O) groups excluding carboxylic acids is 1. The minimum atomic E-state index is -0.304. The molecule has 2 unspecified atom stereocenters. The van der Waals surface area contributed by atoms with Gasteiger partial charge in [0.15, 0.2) is 0 Å². The Bertz CT molecular complexity index is 237. The zero-order valence-corrected chi connectivity index (χ0v) is 6.99. The van der Waals surface area contributed by atoms with Crippen LogP contribution in [0.4, 0.5) is 0 Å². The van der Waals surface area contributed by atoms with Gasteiger partial charge in [-0.2, -0.15) is 0 Å². The molecule has 1 amide bonds. The third-order valence-corrected chi connectivity index (χ3v) is 2.82. The van der Waals surface area contributed by atoms with Gasteiger partial charge in [-0.05, 0) is 19.3 Å². The number of fused-ring (bicyclic) bond motifs is 1. The van der Waals surface area contributed by atoms with Crippen LogP contribution in [0.1, 0.15) is 19.3 Å². The van der Waals surface area contributed by atoms with Gasteiger partial charge in [-0.3, -0.25) is 4.79 Å². The molecule has 0 aromatic carbocycles. The van der Waals surface area contributed by atoms with Crippen LogP contribution < -0.4 is 0 Å². The summed E-state index contributed by atoms with van der Waals surface area (Å²) in [4.78, 5) is 13.2. The molecule has 0 saturated carbocycles. The summed E-state index contributed by atoms with van der Waals surface area (Å²) in [5, 5.41) is 9.50. The summed E-state index contributed by atoms with van der Waals surface area (Å²) in [6, 6.07) is 0.0722. The van der Waals surface area contributed by atoms with Crippen molar-refractivity contribution in [2.75, 3.05) is 6.54 Å². The van der Waals surface area contributed by atoms with Crippen LogP contribution in [0.25, 0.3) is 0 Å². The Balaban J connectivity index is 2.19. The quantitative estimate of drug-likeness (QED) is 0.527. The molecule has 0 aromatic rings. The SMILES string of the molecule is C=C1CCC2C(O)CCN2C1=O. The lowest BCUT2D eigenvalue weighted by Gasteiger charge is -2.31. The summed E-state index contributed by atoms with van der Waals surface area (Å²) in [5.41, 5.74) is 0.695. The number of carbonyl (C=O) groups is 1. The fraction of sp³-hybridized carbons (Fsp3) is 0.667. The Labute approximate surface area is 71.7 Å². The van der Waals surface area contributed by atoms with Crippen molar-refractivity contribution in [1.29, 1.82) is 0 Å². The van der Waals surface area contributed by atoms with Gasteiger partial charge >= 0.3 is 0 Å². The fourth-order valence-corrected chi connectivity index (χ4v) is 2.07. The molecule has 12 heavy (non-hydrogen) atoms. The molecule has 1 N–H and O–H groups in total. The predicted octanol–water partition coefficient (Wildman–Crippen LogP) is 0.298.